The predicted octanol–water partition coefficient (Wildman–Crippen LogP) is 3.44. The predicted molar refractivity (Wildman–Crippen MR) is 71.9 cm³/mol. The van der Waals surface area contributed by atoms with Crippen molar-refractivity contribution in [1.82, 2.24) is 0 Å². The van der Waals surface area contributed by atoms with Crippen molar-refractivity contribution >= 4 is 11.7 Å². The third-order valence-corrected chi connectivity index (χ3v) is 2.74. The average Bonchev–Trinajstić information content (AvgIpc) is 2.36. The van der Waals surface area contributed by atoms with Crippen LogP contribution in [0.25, 0.3) is 0 Å². The van der Waals surface area contributed by atoms with Crippen LogP contribution in [0.5, 0.6) is 0 Å². The first-order valence-corrected chi connectivity index (χ1v) is 5.88. The van der Waals surface area contributed by atoms with E-state index in [9.17, 15) is 9.18 Å². The molecule has 0 unspecified atom stereocenters. The average molecular weight is 259 g/mol. The summed E-state index contributed by atoms with van der Waals surface area (Å²) in [6, 6.07) is 11.3. The summed E-state index contributed by atoms with van der Waals surface area (Å²) >= 11 is 0. The third kappa shape index (κ3) is 3.55. The highest BCUT2D eigenvalue weighted by molar-refractivity contribution is 5.87. The van der Waals surface area contributed by atoms with Gasteiger partial charge in [0.05, 0.1) is 5.56 Å². The molecule has 0 saturated heterocycles. The number of nitrogens with one attached hydrogen (secondary N) is 1. The van der Waals surface area contributed by atoms with Crippen molar-refractivity contribution in [3.63, 3.8) is 0 Å². The number of anilines is 1. The number of hydrogen-bond donors (Lipinski definition) is 2. The zero-order valence-corrected chi connectivity index (χ0v) is 10.5. The number of carboxylic acids is 1. The summed E-state index contributed by atoms with van der Waals surface area (Å²) in [6.45, 7) is 2.35. The summed E-state index contributed by atoms with van der Waals surface area (Å²) in [6.07, 6.45) is 0. The van der Waals surface area contributed by atoms with Gasteiger partial charge in [0.15, 0.2) is 0 Å². The Morgan fingerprint density at radius 3 is 2.47 bits per heavy atom. The Balaban J connectivity index is 2.03. The van der Waals surface area contributed by atoms with Crippen LogP contribution in [-0.2, 0) is 6.54 Å². The van der Waals surface area contributed by atoms with Crippen molar-refractivity contribution in [3.8, 4) is 0 Å². The molecule has 19 heavy (non-hydrogen) atoms. The summed E-state index contributed by atoms with van der Waals surface area (Å²) in [7, 11) is 0. The van der Waals surface area contributed by atoms with Crippen LogP contribution in [0, 0.1) is 12.7 Å². The maximum Gasteiger partial charge on any atom is 0.335 e. The molecule has 0 spiro atoms. The van der Waals surface area contributed by atoms with Gasteiger partial charge in [-0.3, -0.25) is 0 Å². The lowest BCUT2D eigenvalue weighted by Crippen LogP contribution is -2.01. The Kier molecular flexibility index (Phi) is 3.80. The van der Waals surface area contributed by atoms with E-state index in [1.165, 1.54) is 12.1 Å². The van der Waals surface area contributed by atoms with Crippen LogP contribution in [0.2, 0.25) is 0 Å². The summed E-state index contributed by atoms with van der Waals surface area (Å²) in [4.78, 5) is 10.7. The molecule has 0 radical (unpaired) electrons. The largest absolute Gasteiger partial charge is 0.478 e. The lowest BCUT2D eigenvalue weighted by atomic mass is 10.1. The van der Waals surface area contributed by atoms with Gasteiger partial charge in [-0.25, -0.2) is 9.18 Å². The summed E-state index contributed by atoms with van der Waals surface area (Å²) in [5.74, 6) is -1.22. The van der Waals surface area contributed by atoms with Crippen LogP contribution in [0.3, 0.4) is 0 Å². The summed E-state index contributed by atoms with van der Waals surface area (Å²) in [5, 5.41) is 11.9. The first-order valence-electron chi connectivity index (χ1n) is 5.88. The molecule has 0 aromatic heterocycles. The minimum atomic E-state index is -0.944. The molecule has 98 valence electrons. The van der Waals surface area contributed by atoms with Crippen molar-refractivity contribution in [2.24, 2.45) is 0 Å². The second-order valence-corrected chi connectivity index (χ2v) is 4.37. The van der Waals surface area contributed by atoms with Gasteiger partial charge in [0, 0.05) is 12.2 Å². The van der Waals surface area contributed by atoms with E-state index < -0.39 is 5.97 Å². The molecular formula is C15H14FNO2. The first-order chi connectivity index (χ1) is 9.04. The molecular weight excluding hydrogens is 245 g/mol. The molecule has 0 fully saturated rings. The molecule has 0 atom stereocenters. The molecule has 2 N–H and O–H groups in total. The minimum absolute atomic E-state index is 0.255. The fraction of sp³-hybridized carbons (Fsp3) is 0.133. The van der Waals surface area contributed by atoms with Crippen molar-refractivity contribution in [3.05, 3.63) is 65.0 Å². The highest BCUT2D eigenvalue weighted by Gasteiger charge is 2.02. The second-order valence-electron chi connectivity index (χ2n) is 4.37. The molecule has 0 aliphatic heterocycles. The lowest BCUT2D eigenvalue weighted by molar-refractivity contribution is 0.0697. The van der Waals surface area contributed by atoms with E-state index in [4.69, 9.17) is 5.11 Å². The molecule has 2 rings (SSSR count). The number of benzene rings is 2. The van der Waals surface area contributed by atoms with Crippen LogP contribution in [-0.4, -0.2) is 11.1 Å². The summed E-state index contributed by atoms with van der Waals surface area (Å²) < 4.78 is 13.2. The van der Waals surface area contributed by atoms with Crippen LogP contribution < -0.4 is 5.32 Å². The van der Waals surface area contributed by atoms with Gasteiger partial charge < -0.3 is 10.4 Å². The number of carbonyl (C=O) groups is 1. The Bertz CT molecular complexity index is 573. The number of rotatable bonds is 4. The lowest BCUT2D eigenvalue weighted by Gasteiger charge is -2.08. The van der Waals surface area contributed by atoms with E-state index >= 15 is 0 Å². The zero-order chi connectivity index (χ0) is 13.8. The molecule has 0 heterocycles. The molecule has 2 aromatic carbocycles. The van der Waals surface area contributed by atoms with E-state index in [1.807, 2.05) is 13.0 Å². The molecule has 0 bridgehead atoms. The van der Waals surface area contributed by atoms with Crippen molar-refractivity contribution < 1.29 is 14.3 Å². The van der Waals surface area contributed by atoms with E-state index in [-0.39, 0.29) is 11.4 Å². The van der Waals surface area contributed by atoms with E-state index in [0.717, 1.165) is 11.1 Å². The number of carboxylic acid groups (broad SMARTS) is 1. The highest BCUT2D eigenvalue weighted by Crippen LogP contribution is 2.14. The SMILES string of the molecule is Cc1cc(F)cc(NCc2ccc(C(=O)O)cc2)c1. The first kappa shape index (κ1) is 13.1. The van der Waals surface area contributed by atoms with Gasteiger partial charge in [0.25, 0.3) is 0 Å². The van der Waals surface area contributed by atoms with Crippen LogP contribution in [0.4, 0.5) is 10.1 Å². The maximum atomic E-state index is 13.2. The molecule has 4 heteroatoms. The second kappa shape index (κ2) is 5.52. The maximum absolute atomic E-state index is 13.2. The fourth-order valence-electron chi connectivity index (χ4n) is 1.81. The molecule has 0 amide bonds. The van der Waals surface area contributed by atoms with Crippen molar-refractivity contribution in [2.75, 3.05) is 5.32 Å². The quantitative estimate of drug-likeness (QED) is 0.884. The van der Waals surface area contributed by atoms with Gasteiger partial charge >= 0.3 is 5.97 Å². The highest BCUT2D eigenvalue weighted by atomic mass is 19.1. The number of aromatic carboxylic acids is 1. The van der Waals surface area contributed by atoms with Crippen molar-refractivity contribution in [1.29, 1.82) is 0 Å². The van der Waals surface area contributed by atoms with Gasteiger partial charge in [-0.15, -0.1) is 0 Å². The summed E-state index contributed by atoms with van der Waals surface area (Å²) in [5.41, 5.74) is 2.75. The van der Waals surface area contributed by atoms with Crippen LogP contribution in [0.1, 0.15) is 21.5 Å². The number of halogens is 1. The van der Waals surface area contributed by atoms with Gasteiger partial charge in [-0.05, 0) is 48.4 Å². The van der Waals surface area contributed by atoms with Gasteiger partial charge in [-0.2, -0.15) is 0 Å². The van der Waals surface area contributed by atoms with E-state index in [0.29, 0.717) is 12.2 Å². The van der Waals surface area contributed by atoms with Gasteiger partial charge in [-0.1, -0.05) is 12.1 Å². The fourth-order valence-corrected chi connectivity index (χ4v) is 1.81. The normalized spacial score (nSPS) is 10.2. The molecule has 2 aromatic rings. The molecule has 0 aliphatic carbocycles. The van der Waals surface area contributed by atoms with Crippen LogP contribution >= 0.6 is 0 Å². The third-order valence-electron chi connectivity index (χ3n) is 2.74. The van der Waals surface area contributed by atoms with E-state index in [1.54, 1.807) is 24.3 Å². The topological polar surface area (TPSA) is 49.3 Å². The zero-order valence-electron chi connectivity index (χ0n) is 10.5. The van der Waals surface area contributed by atoms with E-state index in [2.05, 4.69) is 5.32 Å². The van der Waals surface area contributed by atoms with Gasteiger partial charge in [0.2, 0.25) is 0 Å². The number of aryl methyl sites for hydroxylation is 1. The minimum Gasteiger partial charge on any atom is -0.478 e. The smallest absolute Gasteiger partial charge is 0.335 e. The Morgan fingerprint density at radius 1 is 1.21 bits per heavy atom. The number of hydrogen-bond acceptors (Lipinski definition) is 2. The van der Waals surface area contributed by atoms with Crippen molar-refractivity contribution in [2.45, 2.75) is 13.5 Å². The monoisotopic (exact) mass is 259 g/mol. The molecule has 0 aliphatic rings. The Hall–Kier alpha value is -2.36. The standard InChI is InChI=1S/C15H14FNO2/c1-10-6-13(16)8-14(7-10)17-9-11-2-4-12(5-3-11)15(18)19/h2-8,17H,9H2,1H3,(H,18,19). The Labute approximate surface area is 110 Å². The van der Waals surface area contributed by atoms with Gasteiger partial charge in [0.1, 0.15) is 5.82 Å². The molecule has 0 saturated carbocycles. The Morgan fingerprint density at radius 2 is 1.89 bits per heavy atom. The van der Waals surface area contributed by atoms with Crippen LogP contribution in [0.15, 0.2) is 42.5 Å². The molecule has 3 nitrogen and oxygen atoms in total.